The van der Waals surface area contributed by atoms with E-state index in [0.717, 1.165) is 31.4 Å². The maximum Gasteiger partial charge on any atom is 0.319 e. The Labute approximate surface area is 118 Å². The maximum absolute atomic E-state index is 11.9. The number of amides is 3. The van der Waals surface area contributed by atoms with Crippen molar-refractivity contribution < 1.29 is 9.59 Å². The maximum atomic E-state index is 11.9. The average molecular weight is 273 g/mol. The van der Waals surface area contributed by atoms with Crippen molar-refractivity contribution in [2.75, 3.05) is 10.2 Å². The van der Waals surface area contributed by atoms with Crippen LogP contribution < -0.4 is 15.5 Å². The van der Waals surface area contributed by atoms with Gasteiger partial charge in [-0.05, 0) is 37.8 Å². The minimum atomic E-state index is -0.195. The quantitative estimate of drug-likeness (QED) is 0.885. The fraction of sp³-hybridized carbons (Fsp3) is 0.467. The van der Waals surface area contributed by atoms with Crippen LogP contribution in [0.15, 0.2) is 24.3 Å². The molecular weight excluding hydrogens is 254 g/mol. The number of nitrogens with zero attached hydrogens (tertiary/aromatic N) is 1. The highest BCUT2D eigenvalue weighted by molar-refractivity contribution is 6.00. The molecule has 0 aromatic heterocycles. The van der Waals surface area contributed by atoms with Crippen LogP contribution >= 0.6 is 0 Å². The van der Waals surface area contributed by atoms with Crippen LogP contribution in [0.25, 0.3) is 0 Å². The van der Waals surface area contributed by atoms with Crippen molar-refractivity contribution in [1.29, 1.82) is 0 Å². The molecule has 0 aliphatic heterocycles. The predicted molar refractivity (Wildman–Crippen MR) is 77.8 cm³/mol. The first-order chi connectivity index (χ1) is 9.65. The molecule has 0 atom stereocenters. The minimum Gasteiger partial charge on any atom is -0.335 e. The Kier molecular flexibility index (Phi) is 3.34. The first-order valence-corrected chi connectivity index (χ1v) is 7.11. The van der Waals surface area contributed by atoms with Crippen molar-refractivity contribution in [1.82, 2.24) is 5.32 Å². The molecule has 0 radical (unpaired) electrons. The number of carbonyl (C=O) groups excluding carboxylic acids is 2. The van der Waals surface area contributed by atoms with Gasteiger partial charge in [0.05, 0.1) is 11.4 Å². The molecule has 2 N–H and O–H groups in total. The third kappa shape index (κ3) is 2.92. The van der Waals surface area contributed by atoms with Crippen LogP contribution in [-0.4, -0.2) is 24.0 Å². The monoisotopic (exact) mass is 273 g/mol. The van der Waals surface area contributed by atoms with Crippen LogP contribution in [0.1, 0.15) is 32.6 Å². The Morgan fingerprint density at radius 3 is 2.45 bits per heavy atom. The number of benzene rings is 1. The third-order valence-corrected chi connectivity index (χ3v) is 3.58. The highest BCUT2D eigenvalue weighted by Crippen LogP contribution is 2.36. The van der Waals surface area contributed by atoms with E-state index in [0.29, 0.717) is 11.7 Å². The van der Waals surface area contributed by atoms with Gasteiger partial charge in [0.1, 0.15) is 0 Å². The molecule has 0 saturated heterocycles. The fourth-order valence-corrected chi connectivity index (χ4v) is 2.32. The lowest BCUT2D eigenvalue weighted by Gasteiger charge is -2.23. The Hall–Kier alpha value is -2.04. The molecule has 0 bridgehead atoms. The van der Waals surface area contributed by atoms with E-state index in [-0.39, 0.29) is 18.0 Å². The number of carbonyl (C=O) groups is 2. The summed E-state index contributed by atoms with van der Waals surface area (Å²) in [5.41, 5.74) is 1.47. The van der Waals surface area contributed by atoms with Gasteiger partial charge >= 0.3 is 6.03 Å². The second kappa shape index (κ2) is 5.15. The summed E-state index contributed by atoms with van der Waals surface area (Å²) < 4.78 is 0. The van der Waals surface area contributed by atoms with Crippen LogP contribution in [0, 0.1) is 0 Å². The standard InChI is InChI=1S/C15H19N3O2/c1-10(19)18(12-8-9-12)14-5-3-2-4-13(14)17-15(20)16-11-6-7-11/h2-5,11-12H,6-9H2,1H3,(H2,16,17,20). The molecule has 3 amide bonds. The summed E-state index contributed by atoms with van der Waals surface area (Å²) in [7, 11) is 0. The van der Waals surface area contributed by atoms with E-state index in [1.54, 1.807) is 11.8 Å². The normalized spacial score (nSPS) is 17.4. The Bertz CT molecular complexity index is 536. The molecule has 0 unspecified atom stereocenters. The molecule has 20 heavy (non-hydrogen) atoms. The third-order valence-electron chi connectivity index (χ3n) is 3.58. The van der Waals surface area contributed by atoms with Crippen molar-refractivity contribution in [2.24, 2.45) is 0 Å². The number of rotatable bonds is 4. The largest absolute Gasteiger partial charge is 0.335 e. The Morgan fingerprint density at radius 1 is 1.15 bits per heavy atom. The summed E-state index contributed by atoms with van der Waals surface area (Å²) in [6.07, 6.45) is 4.16. The molecule has 2 saturated carbocycles. The molecule has 3 rings (SSSR count). The molecule has 1 aromatic rings. The zero-order valence-corrected chi connectivity index (χ0v) is 11.6. The summed E-state index contributed by atoms with van der Waals surface area (Å²) in [5, 5.41) is 5.75. The van der Waals surface area contributed by atoms with Gasteiger partial charge in [-0.25, -0.2) is 4.79 Å². The van der Waals surface area contributed by atoms with Crippen LogP contribution in [0.4, 0.5) is 16.2 Å². The van der Waals surface area contributed by atoms with Gasteiger partial charge in [0, 0.05) is 19.0 Å². The number of para-hydroxylation sites is 2. The summed E-state index contributed by atoms with van der Waals surface area (Å²) in [6.45, 7) is 1.57. The number of hydrogen-bond donors (Lipinski definition) is 2. The van der Waals surface area contributed by atoms with Crippen molar-refractivity contribution in [3.05, 3.63) is 24.3 Å². The zero-order chi connectivity index (χ0) is 14.1. The SMILES string of the molecule is CC(=O)N(c1ccccc1NC(=O)NC1CC1)C1CC1. The molecule has 2 aliphatic carbocycles. The van der Waals surface area contributed by atoms with Gasteiger partial charge in [-0.15, -0.1) is 0 Å². The van der Waals surface area contributed by atoms with Crippen molar-refractivity contribution in [3.63, 3.8) is 0 Å². The van der Waals surface area contributed by atoms with E-state index < -0.39 is 0 Å². The summed E-state index contributed by atoms with van der Waals surface area (Å²) >= 11 is 0. The van der Waals surface area contributed by atoms with Gasteiger partial charge in [0.15, 0.2) is 0 Å². The zero-order valence-electron chi connectivity index (χ0n) is 11.6. The number of nitrogens with one attached hydrogen (secondary N) is 2. The molecular formula is C15H19N3O2. The van der Waals surface area contributed by atoms with E-state index in [1.807, 2.05) is 24.3 Å². The highest BCUT2D eigenvalue weighted by Gasteiger charge is 2.33. The molecule has 2 aliphatic rings. The van der Waals surface area contributed by atoms with Gasteiger partial charge in [0.2, 0.25) is 5.91 Å². The van der Waals surface area contributed by atoms with Crippen molar-refractivity contribution in [3.8, 4) is 0 Å². The first-order valence-electron chi connectivity index (χ1n) is 7.11. The Morgan fingerprint density at radius 2 is 1.85 bits per heavy atom. The molecule has 5 nitrogen and oxygen atoms in total. The lowest BCUT2D eigenvalue weighted by molar-refractivity contribution is -0.116. The Balaban J connectivity index is 1.79. The average Bonchev–Trinajstić information content (AvgIpc) is 3.25. The van der Waals surface area contributed by atoms with Crippen molar-refractivity contribution in [2.45, 2.75) is 44.7 Å². The first kappa shape index (κ1) is 13.0. The minimum absolute atomic E-state index is 0.0179. The van der Waals surface area contributed by atoms with Gasteiger partial charge in [-0.2, -0.15) is 0 Å². The molecule has 0 spiro atoms. The van der Waals surface area contributed by atoms with Crippen molar-refractivity contribution >= 4 is 23.3 Å². The van der Waals surface area contributed by atoms with Crippen LogP contribution in [0.3, 0.4) is 0 Å². The van der Waals surface area contributed by atoms with E-state index in [1.165, 1.54) is 0 Å². The van der Waals surface area contributed by atoms with E-state index in [2.05, 4.69) is 10.6 Å². The van der Waals surface area contributed by atoms with Gasteiger partial charge < -0.3 is 15.5 Å². The van der Waals surface area contributed by atoms with Crippen LogP contribution in [-0.2, 0) is 4.79 Å². The molecule has 1 aromatic carbocycles. The summed E-state index contributed by atoms with van der Waals surface area (Å²) in [4.78, 5) is 25.5. The second-order valence-corrected chi connectivity index (χ2v) is 5.51. The van der Waals surface area contributed by atoms with Gasteiger partial charge in [-0.3, -0.25) is 4.79 Å². The molecule has 0 heterocycles. The van der Waals surface area contributed by atoms with Gasteiger partial charge in [-0.1, -0.05) is 12.1 Å². The molecule has 2 fully saturated rings. The van der Waals surface area contributed by atoms with E-state index >= 15 is 0 Å². The summed E-state index contributed by atoms with van der Waals surface area (Å²) in [6, 6.07) is 7.86. The van der Waals surface area contributed by atoms with Crippen LogP contribution in [0.2, 0.25) is 0 Å². The molecule has 106 valence electrons. The predicted octanol–water partition coefficient (Wildman–Crippen LogP) is 2.49. The number of urea groups is 1. The van der Waals surface area contributed by atoms with Crippen LogP contribution in [0.5, 0.6) is 0 Å². The topological polar surface area (TPSA) is 61.4 Å². The second-order valence-electron chi connectivity index (χ2n) is 5.51. The highest BCUT2D eigenvalue weighted by atomic mass is 16.2. The summed E-state index contributed by atoms with van der Waals surface area (Å²) in [5.74, 6) is 0.0179. The van der Waals surface area contributed by atoms with Gasteiger partial charge in [0.25, 0.3) is 0 Å². The van der Waals surface area contributed by atoms with E-state index in [4.69, 9.17) is 0 Å². The molecule has 5 heteroatoms. The lowest BCUT2D eigenvalue weighted by atomic mass is 10.2. The number of hydrogen-bond acceptors (Lipinski definition) is 2. The van der Waals surface area contributed by atoms with E-state index in [9.17, 15) is 9.59 Å². The number of anilines is 2. The lowest BCUT2D eigenvalue weighted by Crippen LogP contribution is -2.34. The fourth-order valence-electron chi connectivity index (χ4n) is 2.32. The smallest absolute Gasteiger partial charge is 0.319 e.